The Hall–Kier alpha value is -2.62. The number of aliphatic hydroxyl groups excluding tert-OH is 1. The molecular weight excluding hydrogens is 528 g/mol. The third-order valence-corrected chi connectivity index (χ3v) is 10.2. The number of nitrogens with zero attached hydrogens (tertiary/aromatic N) is 1. The molecule has 1 aromatic carbocycles. The molecule has 3 fully saturated rings. The fraction of sp³-hybridized carbons (Fsp3) is 0.613. The molecule has 3 aliphatic heterocycles. The number of epoxide rings is 1. The molecule has 8 atom stereocenters. The molecule has 0 unspecified atom stereocenters. The molecule has 1 aromatic heterocycles. The molecule has 0 spiro atoms. The van der Waals surface area contributed by atoms with Crippen LogP contribution in [0, 0.1) is 24.2 Å². The summed E-state index contributed by atoms with van der Waals surface area (Å²) in [5.74, 6) is -1.92. The number of aryl methyl sites for hydroxylation is 1. The second-order valence-electron chi connectivity index (χ2n) is 12.4. The number of Topliss-reactive ketones (excluding diaryl/α,β-unsaturated/α-hetero) is 1. The fourth-order valence-corrected chi connectivity index (χ4v) is 7.41. The van der Waals surface area contributed by atoms with Crippen LogP contribution < -0.4 is 5.32 Å². The number of amides is 1. The van der Waals surface area contributed by atoms with Crippen molar-refractivity contribution in [2.24, 2.45) is 17.3 Å². The van der Waals surface area contributed by atoms with Crippen molar-refractivity contribution in [1.82, 2.24) is 10.3 Å². The first kappa shape index (κ1) is 28.9. The first-order chi connectivity index (χ1) is 18.9. The van der Waals surface area contributed by atoms with E-state index in [1.807, 2.05) is 32.0 Å². The summed E-state index contributed by atoms with van der Waals surface area (Å²) in [7, 11) is 0. The number of fused-ring (bicyclic) bond motifs is 3. The second kappa shape index (κ2) is 11.0. The predicted octanol–water partition coefficient (Wildman–Crippen LogP) is 4.96. The van der Waals surface area contributed by atoms with Crippen molar-refractivity contribution in [3.63, 3.8) is 0 Å². The monoisotopic (exact) mass is 568 g/mol. The van der Waals surface area contributed by atoms with Gasteiger partial charge in [0.15, 0.2) is 0 Å². The molecule has 4 heterocycles. The van der Waals surface area contributed by atoms with Crippen LogP contribution in [0.5, 0.6) is 0 Å². The van der Waals surface area contributed by atoms with Gasteiger partial charge >= 0.3 is 5.97 Å². The van der Waals surface area contributed by atoms with Gasteiger partial charge < -0.3 is 19.9 Å². The SMILES string of the molecule is C=CC[C@H]1C(=O)[C@]2(C)CC(=O)O[C@H]2CC(=O)N[C@H](c2ccc3sc(C)nc3c2)C[C@@H]2O[C@]2(C)CCC[C@H](C)[C@@H]1O. The standard InChI is InChI=1S/C31H40N2O6S/c1-6-8-20-28(36)17(2)9-7-12-31(5)25(39-31)14-21(19-10-11-23-22(13-19)32-18(3)40-23)33-26(34)15-24-30(4,29(20)37)16-27(35)38-24/h6,10-11,13,17,20-21,24-25,28,36H,1,7-9,12,14-16H2,2-5H3,(H,33,34)/t17-,20+,21-,24-,25-,28-,30+,31+/m0/s1. The van der Waals surface area contributed by atoms with Gasteiger partial charge in [-0.3, -0.25) is 14.4 Å². The lowest BCUT2D eigenvalue weighted by molar-refractivity contribution is -0.145. The van der Waals surface area contributed by atoms with Crippen LogP contribution in [0.25, 0.3) is 10.2 Å². The summed E-state index contributed by atoms with van der Waals surface area (Å²) in [6.45, 7) is 11.5. The number of nitrogens with one attached hydrogen (secondary N) is 1. The molecule has 2 N–H and O–H groups in total. The number of allylic oxidation sites excluding steroid dienone is 1. The Balaban J connectivity index is 1.47. The highest BCUT2D eigenvalue weighted by molar-refractivity contribution is 7.18. The summed E-state index contributed by atoms with van der Waals surface area (Å²) in [6.07, 6.45) is 2.83. The molecule has 40 heavy (non-hydrogen) atoms. The van der Waals surface area contributed by atoms with Gasteiger partial charge in [0.2, 0.25) is 5.91 Å². The third kappa shape index (κ3) is 5.60. The molecule has 3 saturated heterocycles. The molecule has 0 radical (unpaired) electrons. The number of hydrogen-bond acceptors (Lipinski definition) is 8. The van der Waals surface area contributed by atoms with Crippen LogP contribution in [-0.4, -0.2) is 51.7 Å². The first-order valence-corrected chi connectivity index (χ1v) is 15.1. The number of ketones is 1. The number of benzene rings is 1. The van der Waals surface area contributed by atoms with Crippen LogP contribution in [0.15, 0.2) is 30.9 Å². The molecular formula is C31H40N2O6S. The maximum atomic E-state index is 14.0. The highest BCUT2D eigenvalue weighted by Crippen LogP contribution is 2.47. The zero-order chi connectivity index (χ0) is 28.8. The Bertz CT molecular complexity index is 1320. The number of carbonyl (C=O) groups excluding carboxylic acids is 3. The lowest BCUT2D eigenvalue weighted by atomic mass is 9.69. The normalized spacial score (nSPS) is 37.4. The molecule has 8 nitrogen and oxygen atoms in total. The number of hydrogen-bond donors (Lipinski definition) is 2. The largest absolute Gasteiger partial charge is 0.461 e. The first-order valence-electron chi connectivity index (χ1n) is 14.3. The van der Waals surface area contributed by atoms with E-state index < -0.39 is 29.5 Å². The second-order valence-corrected chi connectivity index (χ2v) is 13.6. The topological polar surface area (TPSA) is 118 Å². The zero-order valence-corrected chi connectivity index (χ0v) is 24.6. The number of thiazole rings is 1. The molecule has 1 amide bonds. The Morgan fingerprint density at radius 3 is 2.77 bits per heavy atom. The summed E-state index contributed by atoms with van der Waals surface area (Å²) >= 11 is 1.63. The van der Waals surface area contributed by atoms with Crippen LogP contribution in [0.4, 0.5) is 0 Å². The highest BCUT2D eigenvalue weighted by atomic mass is 32.1. The van der Waals surface area contributed by atoms with E-state index in [4.69, 9.17) is 9.47 Å². The van der Waals surface area contributed by atoms with Crippen molar-refractivity contribution in [1.29, 1.82) is 0 Å². The van der Waals surface area contributed by atoms with Crippen LogP contribution in [-0.2, 0) is 23.9 Å². The molecule has 2 aromatic rings. The molecule has 0 aliphatic carbocycles. The van der Waals surface area contributed by atoms with Gasteiger partial charge in [-0.2, -0.15) is 0 Å². The lowest BCUT2D eigenvalue weighted by Crippen LogP contribution is -2.47. The van der Waals surface area contributed by atoms with Crippen molar-refractivity contribution < 1.29 is 29.0 Å². The van der Waals surface area contributed by atoms with E-state index in [1.165, 1.54) is 0 Å². The molecule has 9 heteroatoms. The molecule has 0 saturated carbocycles. The van der Waals surface area contributed by atoms with Crippen LogP contribution in [0.3, 0.4) is 0 Å². The Morgan fingerprint density at radius 1 is 1.25 bits per heavy atom. The number of aromatic nitrogens is 1. The van der Waals surface area contributed by atoms with E-state index in [1.54, 1.807) is 24.3 Å². The number of ether oxygens (including phenoxy) is 2. The van der Waals surface area contributed by atoms with Gasteiger partial charge in [0.1, 0.15) is 11.9 Å². The van der Waals surface area contributed by atoms with E-state index in [2.05, 4.69) is 23.8 Å². The van der Waals surface area contributed by atoms with Gasteiger partial charge in [0.05, 0.1) is 57.3 Å². The van der Waals surface area contributed by atoms with Gasteiger partial charge in [0.25, 0.3) is 0 Å². The van der Waals surface area contributed by atoms with Crippen LogP contribution in [0.1, 0.15) is 82.3 Å². The fourth-order valence-electron chi connectivity index (χ4n) is 6.60. The Kier molecular flexibility index (Phi) is 7.94. The highest BCUT2D eigenvalue weighted by Gasteiger charge is 2.55. The summed E-state index contributed by atoms with van der Waals surface area (Å²) < 4.78 is 12.9. The van der Waals surface area contributed by atoms with E-state index in [-0.39, 0.29) is 54.6 Å². The van der Waals surface area contributed by atoms with E-state index in [9.17, 15) is 19.5 Å². The molecule has 5 rings (SSSR count). The number of carbonyl (C=O) groups is 3. The van der Waals surface area contributed by atoms with Crippen LogP contribution in [0.2, 0.25) is 0 Å². The predicted molar refractivity (Wildman–Crippen MR) is 153 cm³/mol. The van der Waals surface area contributed by atoms with Gasteiger partial charge in [-0.05, 0) is 63.6 Å². The van der Waals surface area contributed by atoms with Crippen molar-refractivity contribution in [2.45, 2.75) is 103 Å². The van der Waals surface area contributed by atoms with Crippen molar-refractivity contribution in [2.75, 3.05) is 0 Å². The van der Waals surface area contributed by atoms with Gasteiger partial charge in [-0.1, -0.05) is 25.5 Å². The lowest BCUT2D eigenvalue weighted by Gasteiger charge is -2.34. The number of aliphatic hydroxyl groups is 1. The molecule has 216 valence electrons. The molecule has 0 bridgehead atoms. The quantitative estimate of drug-likeness (QED) is 0.305. The van der Waals surface area contributed by atoms with Crippen LogP contribution >= 0.6 is 11.3 Å². The summed E-state index contributed by atoms with van der Waals surface area (Å²) in [5, 5.41) is 15.4. The summed E-state index contributed by atoms with van der Waals surface area (Å²) in [4.78, 5) is 44.6. The maximum Gasteiger partial charge on any atom is 0.307 e. The zero-order valence-electron chi connectivity index (χ0n) is 23.8. The smallest absolute Gasteiger partial charge is 0.307 e. The number of rotatable bonds is 3. The van der Waals surface area contributed by atoms with Gasteiger partial charge in [-0.25, -0.2) is 4.98 Å². The average molecular weight is 569 g/mol. The maximum absolute atomic E-state index is 14.0. The van der Waals surface area contributed by atoms with Crippen molar-refractivity contribution >= 4 is 39.2 Å². The summed E-state index contributed by atoms with van der Waals surface area (Å²) in [5.41, 5.74) is 0.312. The van der Waals surface area contributed by atoms with Gasteiger partial charge in [0, 0.05) is 12.3 Å². The summed E-state index contributed by atoms with van der Waals surface area (Å²) in [6, 6.07) is 5.75. The van der Waals surface area contributed by atoms with Gasteiger partial charge in [-0.15, -0.1) is 17.9 Å². The Labute approximate surface area is 239 Å². The Morgan fingerprint density at radius 2 is 2.02 bits per heavy atom. The number of esters is 1. The minimum Gasteiger partial charge on any atom is -0.461 e. The van der Waals surface area contributed by atoms with E-state index in [0.717, 1.165) is 40.1 Å². The molecule has 3 aliphatic rings. The minimum atomic E-state index is -1.22. The van der Waals surface area contributed by atoms with Crippen molar-refractivity contribution in [3.05, 3.63) is 41.4 Å². The minimum absolute atomic E-state index is 0.0246. The average Bonchev–Trinajstić information content (AvgIpc) is 3.20. The van der Waals surface area contributed by atoms with Crippen molar-refractivity contribution in [3.8, 4) is 0 Å². The van der Waals surface area contributed by atoms with E-state index >= 15 is 0 Å². The third-order valence-electron chi connectivity index (χ3n) is 9.26. The van der Waals surface area contributed by atoms with E-state index in [0.29, 0.717) is 6.42 Å².